The molecule has 0 radical (unpaired) electrons. The fourth-order valence-electron chi connectivity index (χ4n) is 2.62. The molecule has 0 saturated carbocycles. The van der Waals surface area contributed by atoms with Gasteiger partial charge in [-0.1, -0.05) is 0 Å². The van der Waals surface area contributed by atoms with Crippen LogP contribution in [0, 0.1) is 0 Å². The number of nitrogens with zero attached hydrogens (tertiary/aromatic N) is 1. The summed E-state index contributed by atoms with van der Waals surface area (Å²) in [5.74, 6) is -0.315. The summed E-state index contributed by atoms with van der Waals surface area (Å²) in [5, 5.41) is 19.3. The van der Waals surface area contributed by atoms with E-state index in [1.54, 1.807) is 0 Å². The molecule has 2 rings (SSSR count). The number of aromatic hydroxyl groups is 1. The predicted octanol–water partition coefficient (Wildman–Crippen LogP) is 2.51. The standard InChI is InChI=1S/C14H18F3NO2/c1-18(6-4-12(19)5-7-18)9-10-2-3-11(8-13(10)20)14(15,16)17/h2-3,8,12,19H,4-7,9H2,1H3/p+1. The molecule has 0 aliphatic carbocycles. The highest BCUT2D eigenvalue weighted by molar-refractivity contribution is 5.37. The van der Waals surface area contributed by atoms with Crippen LogP contribution in [0.25, 0.3) is 0 Å². The third kappa shape index (κ3) is 3.43. The maximum atomic E-state index is 12.5. The number of halogens is 3. The first-order valence-electron chi connectivity index (χ1n) is 6.60. The quantitative estimate of drug-likeness (QED) is 0.822. The monoisotopic (exact) mass is 290 g/mol. The van der Waals surface area contributed by atoms with Gasteiger partial charge in [-0.15, -0.1) is 0 Å². The molecule has 0 aromatic heterocycles. The van der Waals surface area contributed by atoms with Gasteiger partial charge in [-0.2, -0.15) is 13.2 Å². The summed E-state index contributed by atoms with van der Waals surface area (Å²) in [4.78, 5) is 0. The molecule has 1 fully saturated rings. The van der Waals surface area contributed by atoms with Crippen molar-refractivity contribution in [3.05, 3.63) is 29.3 Å². The lowest BCUT2D eigenvalue weighted by molar-refractivity contribution is -0.928. The lowest BCUT2D eigenvalue weighted by Crippen LogP contribution is -2.50. The average molecular weight is 290 g/mol. The minimum atomic E-state index is -4.44. The van der Waals surface area contributed by atoms with Gasteiger partial charge in [0.05, 0.1) is 31.8 Å². The van der Waals surface area contributed by atoms with Crippen LogP contribution in [0.5, 0.6) is 5.75 Å². The van der Waals surface area contributed by atoms with E-state index in [4.69, 9.17) is 0 Å². The van der Waals surface area contributed by atoms with Gasteiger partial charge in [-0.3, -0.25) is 0 Å². The molecule has 112 valence electrons. The van der Waals surface area contributed by atoms with E-state index in [-0.39, 0.29) is 11.9 Å². The normalized spacial score (nSPS) is 27.6. The Hall–Kier alpha value is -1.27. The molecule has 6 heteroatoms. The van der Waals surface area contributed by atoms with E-state index < -0.39 is 11.7 Å². The van der Waals surface area contributed by atoms with Crippen LogP contribution < -0.4 is 0 Å². The second kappa shape index (κ2) is 5.26. The van der Waals surface area contributed by atoms with Gasteiger partial charge in [0, 0.05) is 18.4 Å². The zero-order valence-electron chi connectivity index (χ0n) is 11.3. The van der Waals surface area contributed by atoms with Gasteiger partial charge in [0.1, 0.15) is 12.3 Å². The van der Waals surface area contributed by atoms with E-state index in [0.717, 1.165) is 25.2 Å². The molecule has 0 unspecified atom stereocenters. The van der Waals surface area contributed by atoms with Crippen molar-refractivity contribution in [1.82, 2.24) is 0 Å². The smallest absolute Gasteiger partial charge is 0.416 e. The van der Waals surface area contributed by atoms with Gasteiger partial charge in [-0.05, 0) is 18.2 Å². The van der Waals surface area contributed by atoms with Crippen LogP contribution in [0.4, 0.5) is 13.2 Å². The van der Waals surface area contributed by atoms with Crippen molar-refractivity contribution in [3.8, 4) is 5.75 Å². The summed E-state index contributed by atoms with van der Waals surface area (Å²) in [7, 11) is 1.99. The molecule has 3 nitrogen and oxygen atoms in total. The van der Waals surface area contributed by atoms with E-state index in [9.17, 15) is 23.4 Å². The maximum absolute atomic E-state index is 12.5. The third-order valence-electron chi connectivity index (χ3n) is 3.97. The predicted molar refractivity (Wildman–Crippen MR) is 68.0 cm³/mol. The van der Waals surface area contributed by atoms with E-state index in [0.29, 0.717) is 29.4 Å². The second-order valence-electron chi connectivity index (χ2n) is 5.80. The molecule has 20 heavy (non-hydrogen) atoms. The summed E-state index contributed by atoms with van der Waals surface area (Å²) in [5.41, 5.74) is -0.327. The summed E-state index contributed by atoms with van der Waals surface area (Å²) in [6.45, 7) is 1.97. The number of aliphatic hydroxyl groups is 1. The molecule has 1 heterocycles. The van der Waals surface area contributed by atoms with Crippen LogP contribution in [0.15, 0.2) is 18.2 Å². The van der Waals surface area contributed by atoms with Crippen LogP contribution in [0.1, 0.15) is 24.0 Å². The lowest BCUT2D eigenvalue weighted by atomic mass is 10.0. The lowest BCUT2D eigenvalue weighted by Gasteiger charge is -2.39. The minimum absolute atomic E-state index is 0.289. The number of piperidine rings is 1. The number of benzene rings is 1. The van der Waals surface area contributed by atoms with Gasteiger partial charge >= 0.3 is 6.18 Å². The molecule has 2 N–H and O–H groups in total. The van der Waals surface area contributed by atoms with Gasteiger partial charge in [0.2, 0.25) is 0 Å². The third-order valence-corrected chi connectivity index (χ3v) is 3.97. The van der Waals surface area contributed by atoms with Crippen molar-refractivity contribution < 1.29 is 27.9 Å². The first kappa shape index (κ1) is 15.1. The zero-order chi connectivity index (χ0) is 15.0. The average Bonchev–Trinajstić information content (AvgIpc) is 2.35. The Labute approximate surface area is 115 Å². The fourth-order valence-corrected chi connectivity index (χ4v) is 2.62. The van der Waals surface area contributed by atoms with E-state index in [2.05, 4.69) is 0 Å². The zero-order valence-corrected chi connectivity index (χ0v) is 11.3. The van der Waals surface area contributed by atoms with Crippen LogP contribution in [0.3, 0.4) is 0 Å². The van der Waals surface area contributed by atoms with Crippen molar-refractivity contribution in [3.63, 3.8) is 0 Å². The van der Waals surface area contributed by atoms with Crippen molar-refractivity contribution in [2.45, 2.75) is 31.7 Å². The van der Waals surface area contributed by atoms with Crippen LogP contribution in [-0.2, 0) is 12.7 Å². The molecule has 1 aromatic rings. The Balaban J connectivity index is 2.14. The number of rotatable bonds is 2. The number of aliphatic hydroxyl groups excluding tert-OH is 1. The molecule has 0 spiro atoms. The van der Waals surface area contributed by atoms with E-state index in [1.807, 2.05) is 7.05 Å². The minimum Gasteiger partial charge on any atom is -0.507 e. The Kier molecular flexibility index (Phi) is 3.97. The Morgan fingerprint density at radius 2 is 1.85 bits per heavy atom. The van der Waals surface area contributed by atoms with Crippen molar-refractivity contribution >= 4 is 0 Å². The van der Waals surface area contributed by atoms with Crippen molar-refractivity contribution in [2.24, 2.45) is 0 Å². The van der Waals surface area contributed by atoms with Gasteiger partial charge in [-0.25, -0.2) is 0 Å². The number of likely N-dealkylation sites (tertiary alicyclic amines) is 1. The molecule has 1 saturated heterocycles. The molecular formula is C14H19F3NO2+. The molecule has 1 aliphatic rings. The number of quaternary nitrogens is 1. The molecule has 0 atom stereocenters. The SMILES string of the molecule is C[N+]1(Cc2ccc(C(F)(F)F)cc2O)CCC(O)CC1. The number of phenolic OH excluding ortho intramolecular Hbond substituents is 1. The highest BCUT2D eigenvalue weighted by Gasteiger charge is 2.33. The Morgan fingerprint density at radius 1 is 1.25 bits per heavy atom. The van der Waals surface area contributed by atoms with Crippen LogP contribution >= 0.6 is 0 Å². The molecule has 1 aromatic carbocycles. The van der Waals surface area contributed by atoms with Crippen LogP contribution in [-0.4, -0.2) is 40.9 Å². The number of alkyl halides is 3. The maximum Gasteiger partial charge on any atom is 0.416 e. The van der Waals surface area contributed by atoms with E-state index in [1.165, 1.54) is 6.07 Å². The summed E-state index contributed by atoms with van der Waals surface area (Å²) < 4.78 is 38.2. The highest BCUT2D eigenvalue weighted by atomic mass is 19.4. The topological polar surface area (TPSA) is 40.5 Å². The molecule has 0 amide bonds. The van der Waals surface area contributed by atoms with Crippen molar-refractivity contribution in [2.75, 3.05) is 20.1 Å². The van der Waals surface area contributed by atoms with Crippen molar-refractivity contribution in [1.29, 1.82) is 0 Å². The molecular weight excluding hydrogens is 271 g/mol. The largest absolute Gasteiger partial charge is 0.507 e. The second-order valence-corrected chi connectivity index (χ2v) is 5.80. The fraction of sp³-hybridized carbons (Fsp3) is 0.571. The number of phenols is 1. The number of hydrogen-bond donors (Lipinski definition) is 2. The number of hydrogen-bond acceptors (Lipinski definition) is 2. The van der Waals surface area contributed by atoms with E-state index >= 15 is 0 Å². The van der Waals surface area contributed by atoms with Gasteiger partial charge in [0.25, 0.3) is 0 Å². The molecule has 1 aliphatic heterocycles. The molecule has 0 bridgehead atoms. The summed E-state index contributed by atoms with van der Waals surface area (Å²) in [6.07, 6.45) is -3.37. The van der Waals surface area contributed by atoms with Crippen LogP contribution in [0.2, 0.25) is 0 Å². The first-order chi connectivity index (χ1) is 9.20. The summed E-state index contributed by atoms with van der Waals surface area (Å²) >= 11 is 0. The van der Waals surface area contributed by atoms with Gasteiger partial charge < -0.3 is 14.7 Å². The van der Waals surface area contributed by atoms with Gasteiger partial charge in [0.15, 0.2) is 0 Å². The highest BCUT2D eigenvalue weighted by Crippen LogP contribution is 2.34. The summed E-state index contributed by atoms with van der Waals surface area (Å²) in [6, 6.07) is 3.12. The Morgan fingerprint density at radius 3 is 2.35 bits per heavy atom. The Bertz CT molecular complexity index is 480. The first-order valence-corrected chi connectivity index (χ1v) is 6.60.